The molecule has 0 saturated carbocycles. The maximum Gasteiger partial charge on any atom is 0.321 e. The number of carbonyl (C=O) groups is 2. The summed E-state index contributed by atoms with van der Waals surface area (Å²) >= 11 is 1.49. The Balaban J connectivity index is 1.50. The Labute approximate surface area is 172 Å². The van der Waals surface area contributed by atoms with E-state index in [1.54, 1.807) is 0 Å². The van der Waals surface area contributed by atoms with E-state index in [2.05, 4.69) is 0 Å². The average Bonchev–Trinajstić information content (AvgIpc) is 3.32. The highest BCUT2D eigenvalue weighted by Gasteiger charge is 2.36. The topological polar surface area (TPSA) is 89.6 Å². The normalized spacial score (nSPS) is 14.7. The molecule has 148 valence electrons. The van der Waals surface area contributed by atoms with Gasteiger partial charge in [-0.3, -0.25) is 9.59 Å². The van der Waals surface area contributed by atoms with Crippen molar-refractivity contribution in [1.82, 2.24) is 0 Å². The van der Waals surface area contributed by atoms with Crippen molar-refractivity contribution in [3.8, 4) is 11.1 Å². The number of carboxylic acids is 1. The van der Waals surface area contributed by atoms with E-state index in [1.807, 2.05) is 66.0 Å². The third-order valence-corrected chi connectivity index (χ3v) is 6.22. The fraction of sp³-hybridized carbons (Fsp3) is 0.217. The van der Waals surface area contributed by atoms with Crippen LogP contribution >= 0.6 is 11.3 Å². The highest BCUT2D eigenvalue weighted by molar-refractivity contribution is 7.09. The lowest BCUT2D eigenvalue weighted by atomic mass is 9.96. The van der Waals surface area contributed by atoms with Gasteiger partial charge >= 0.3 is 11.9 Å². The highest BCUT2D eigenvalue weighted by Crippen LogP contribution is 2.44. The van der Waals surface area contributed by atoms with E-state index in [0.29, 0.717) is 6.42 Å². The Kier molecular flexibility index (Phi) is 5.47. The number of carboxylic acid groups (broad SMARTS) is 1. The van der Waals surface area contributed by atoms with Crippen LogP contribution in [0.4, 0.5) is 0 Å². The molecule has 29 heavy (non-hydrogen) atoms. The summed E-state index contributed by atoms with van der Waals surface area (Å²) in [4.78, 5) is 25.3. The molecule has 0 fully saturated rings. The second-order valence-corrected chi connectivity index (χ2v) is 8.15. The van der Waals surface area contributed by atoms with Gasteiger partial charge in [0.15, 0.2) is 5.92 Å². The minimum Gasteiger partial charge on any atom is -0.481 e. The van der Waals surface area contributed by atoms with E-state index in [0.717, 1.165) is 27.1 Å². The van der Waals surface area contributed by atoms with Gasteiger partial charge in [-0.25, -0.2) is 0 Å². The van der Waals surface area contributed by atoms with Crippen LogP contribution in [-0.4, -0.2) is 29.7 Å². The Morgan fingerprint density at radius 1 is 1.00 bits per heavy atom. The molecule has 4 rings (SSSR count). The Morgan fingerprint density at radius 3 is 2.17 bits per heavy atom. The number of rotatable bonds is 7. The number of thiophene rings is 1. The average molecular weight is 407 g/mol. The molecule has 0 amide bonds. The minimum absolute atomic E-state index is 0.0857. The van der Waals surface area contributed by atoms with Gasteiger partial charge in [0.1, 0.15) is 6.61 Å². The first-order valence-electron chi connectivity index (χ1n) is 9.42. The molecule has 3 N–H and O–H groups in total. The van der Waals surface area contributed by atoms with Crippen LogP contribution in [0.15, 0.2) is 66.0 Å². The standard InChI is InChI=1S/C23H21NO4S/c24-20(12-14-6-5-11-29-14)21(22(25)26)23(27)28-13-19-17-9-3-1-7-15(17)16-8-2-4-10-18(16)19/h1-11,19-21H,12-13,24H2,(H,25,26)/t20?,21-/m0/s1. The van der Waals surface area contributed by atoms with E-state index >= 15 is 0 Å². The second kappa shape index (κ2) is 8.19. The number of nitrogens with two attached hydrogens (primary N) is 1. The first-order chi connectivity index (χ1) is 14.1. The van der Waals surface area contributed by atoms with E-state index in [1.165, 1.54) is 11.3 Å². The molecule has 2 atom stereocenters. The van der Waals surface area contributed by atoms with Crippen LogP contribution < -0.4 is 5.73 Å². The molecule has 2 aromatic carbocycles. The summed E-state index contributed by atoms with van der Waals surface area (Å²) in [5.74, 6) is -3.56. The smallest absolute Gasteiger partial charge is 0.321 e. The van der Waals surface area contributed by atoms with Gasteiger partial charge in [-0.05, 0) is 40.1 Å². The van der Waals surface area contributed by atoms with Crippen molar-refractivity contribution in [3.05, 3.63) is 82.0 Å². The molecule has 6 heteroatoms. The largest absolute Gasteiger partial charge is 0.481 e. The van der Waals surface area contributed by atoms with E-state index in [-0.39, 0.29) is 12.5 Å². The van der Waals surface area contributed by atoms with Gasteiger partial charge in [-0.2, -0.15) is 0 Å². The van der Waals surface area contributed by atoms with Crippen molar-refractivity contribution in [2.45, 2.75) is 18.4 Å². The first-order valence-corrected chi connectivity index (χ1v) is 10.3. The summed E-state index contributed by atoms with van der Waals surface area (Å²) in [6, 6.07) is 18.9. The van der Waals surface area contributed by atoms with E-state index < -0.39 is 23.9 Å². The lowest BCUT2D eigenvalue weighted by Crippen LogP contribution is -2.43. The van der Waals surface area contributed by atoms with Crippen molar-refractivity contribution in [2.75, 3.05) is 6.61 Å². The second-order valence-electron chi connectivity index (χ2n) is 7.12. The van der Waals surface area contributed by atoms with Gasteiger partial charge in [-0.1, -0.05) is 54.6 Å². The van der Waals surface area contributed by atoms with Gasteiger partial charge in [0.25, 0.3) is 0 Å². The summed E-state index contributed by atoms with van der Waals surface area (Å²) in [6.07, 6.45) is 0.318. The van der Waals surface area contributed by atoms with Crippen LogP contribution in [0, 0.1) is 5.92 Å². The Hall–Kier alpha value is -2.96. The third-order valence-electron chi connectivity index (χ3n) is 5.32. The zero-order valence-corrected chi connectivity index (χ0v) is 16.5. The molecule has 0 bridgehead atoms. The molecule has 1 aliphatic rings. The van der Waals surface area contributed by atoms with Gasteiger partial charge < -0.3 is 15.6 Å². The minimum atomic E-state index is -1.40. The molecule has 1 aromatic heterocycles. The lowest BCUT2D eigenvalue weighted by Gasteiger charge is -2.20. The number of ether oxygens (including phenoxy) is 1. The van der Waals surface area contributed by atoms with Crippen molar-refractivity contribution < 1.29 is 19.4 Å². The SMILES string of the molecule is NC(Cc1cccs1)[C@@H](C(=O)O)C(=O)OCC1c2ccccc2-c2ccccc21. The fourth-order valence-electron chi connectivity index (χ4n) is 3.93. The Bertz CT molecular complexity index is 985. The van der Waals surface area contributed by atoms with E-state index in [4.69, 9.17) is 10.5 Å². The number of aliphatic carboxylic acids is 1. The zero-order chi connectivity index (χ0) is 20.4. The first kappa shape index (κ1) is 19.4. The number of benzene rings is 2. The molecule has 0 radical (unpaired) electrons. The predicted octanol–water partition coefficient (Wildman–Crippen LogP) is 3.67. The molecule has 1 heterocycles. The third kappa shape index (κ3) is 3.81. The summed E-state index contributed by atoms with van der Waals surface area (Å²) in [5.41, 5.74) is 10.5. The van der Waals surface area contributed by atoms with Crippen LogP contribution in [-0.2, 0) is 20.7 Å². The highest BCUT2D eigenvalue weighted by atomic mass is 32.1. The number of carbonyl (C=O) groups excluding carboxylic acids is 1. The number of fused-ring (bicyclic) bond motifs is 3. The van der Waals surface area contributed by atoms with Gasteiger partial charge in [0.2, 0.25) is 0 Å². The molecule has 0 aliphatic heterocycles. The van der Waals surface area contributed by atoms with Crippen molar-refractivity contribution in [3.63, 3.8) is 0 Å². The van der Waals surface area contributed by atoms with Gasteiger partial charge in [0, 0.05) is 16.8 Å². The summed E-state index contributed by atoms with van der Waals surface area (Å²) in [6.45, 7) is 0.0857. The van der Waals surface area contributed by atoms with Crippen LogP contribution in [0.5, 0.6) is 0 Å². The van der Waals surface area contributed by atoms with Crippen LogP contribution in [0.1, 0.15) is 21.9 Å². The molecule has 3 aromatic rings. The predicted molar refractivity (Wildman–Crippen MR) is 112 cm³/mol. The molecule has 0 saturated heterocycles. The molecular formula is C23H21NO4S. The summed E-state index contributed by atoms with van der Waals surface area (Å²) < 4.78 is 5.51. The van der Waals surface area contributed by atoms with E-state index in [9.17, 15) is 14.7 Å². The zero-order valence-electron chi connectivity index (χ0n) is 15.7. The van der Waals surface area contributed by atoms with Crippen LogP contribution in [0.25, 0.3) is 11.1 Å². The molecule has 1 aliphatic carbocycles. The fourth-order valence-corrected chi connectivity index (χ4v) is 4.71. The summed E-state index contributed by atoms with van der Waals surface area (Å²) in [7, 11) is 0. The number of hydrogen-bond donors (Lipinski definition) is 2. The quantitative estimate of drug-likeness (QED) is 0.461. The summed E-state index contributed by atoms with van der Waals surface area (Å²) in [5, 5.41) is 11.5. The molecular weight excluding hydrogens is 386 g/mol. The molecule has 5 nitrogen and oxygen atoms in total. The van der Waals surface area contributed by atoms with Crippen LogP contribution in [0.2, 0.25) is 0 Å². The monoisotopic (exact) mass is 407 g/mol. The molecule has 0 spiro atoms. The van der Waals surface area contributed by atoms with Crippen molar-refractivity contribution >= 4 is 23.3 Å². The molecule has 1 unspecified atom stereocenters. The van der Waals surface area contributed by atoms with Gasteiger partial charge in [-0.15, -0.1) is 11.3 Å². The maximum absolute atomic E-state index is 12.7. The van der Waals surface area contributed by atoms with Crippen molar-refractivity contribution in [1.29, 1.82) is 0 Å². The van der Waals surface area contributed by atoms with Crippen molar-refractivity contribution in [2.24, 2.45) is 11.7 Å². The number of hydrogen-bond acceptors (Lipinski definition) is 5. The van der Waals surface area contributed by atoms with Crippen LogP contribution in [0.3, 0.4) is 0 Å². The number of esters is 1. The maximum atomic E-state index is 12.7. The van der Waals surface area contributed by atoms with Gasteiger partial charge in [0.05, 0.1) is 0 Å². The Morgan fingerprint density at radius 2 is 1.62 bits per heavy atom. The lowest BCUT2D eigenvalue weighted by molar-refractivity contribution is -0.159.